The van der Waals surface area contributed by atoms with E-state index >= 15 is 0 Å². The number of hydrogen-bond acceptors (Lipinski definition) is 6. The average Bonchev–Trinajstić information content (AvgIpc) is 2.42. The van der Waals surface area contributed by atoms with Crippen molar-refractivity contribution in [2.75, 3.05) is 13.2 Å². The van der Waals surface area contributed by atoms with Gasteiger partial charge in [-0.15, -0.1) is 0 Å². The normalized spacial score (nSPS) is 12.0. The second-order valence-electron chi connectivity index (χ2n) is 3.40. The molecule has 0 aromatic heterocycles. The van der Waals surface area contributed by atoms with Crippen LogP contribution in [0, 0.1) is 11.3 Å². The first kappa shape index (κ1) is 17.1. The van der Waals surface area contributed by atoms with Crippen molar-refractivity contribution >= 4 is 35.8 Å². The molecule has 108 valence electrons. The first-order chi connectivity index (χ1) is 9.56. The lowest BCUT2D eigenvalue weighted by Gasteiger charge is -2.17. The van der Waals surface area contributed by atoms with Gasteiger partial charge < -0.3 is 4.62 Å². The summed E-state index contributed by atoms with van der Waals surface area (Å²) in [6.45, 7) is 1.24. The molecule has 1 rings (SSSR count). The molecule has 1 aromatic carbocycles. The third kappa shape index (κ3) is 4.86. The fraction of sp³-hybridized carbons (Fsp3) is 0.333. The summed E-state index contributed by atoms with van der Waals surface area (Å²) in [5, 5.41) is 13.3. The predicted octanol–water partition coefficient (Wildman–Crippen LogP) is 3.88. The molecule has 0 unspecified atom stereocenters. The van der Waals surface area contributed by atoms with Crippen molar-refractivity contribution in [3.8, 4) is 6.07 Å². The van der Waals surface area contributed by atoms with E-state index in [1.165, 1.54) is 0 Å². The van der Waals surface area contributed by atoms with Crippen molar-refractivity contribution < 1.29 is 13.7 Å². The minimum atomic E-state index is -2.97. The molecule has 0 amide bonds. The average molecular weight is 333 g/mol. The van der Waals surface area contributed by atoms with E-state index in [4.69, 9.17) is 42.3 Å². The Balaban J connectivity index is 2.99. The number of hydrogen-bond donors (Lipinski definition) is 0. The molecule has 0 radical (unpaired) electrons. The highest BCUT2D eigenvalue weighted by Gasteiger charge is 2.21. The van der Waals surface area contributed by atoms with Gasteiger partial charge in [-0.1, -0.05) is 35.0 Å². The Kier molecular flexibility index (Phi) is 7.14. The molecule has 0 bridgehead atoms. The maximum Gasteiger partial charge on any atom is 0.402 e. The first-order valence-corrected chi connectivity index (χ1v) is 8.80. The van der Waals surface area contributed by atoms with Gasteiger partial charge in [0.1, 0.15) is 6.07 Å². The van der Waals surface area contributed by atoms with Crippen LogP contribution in [0.4, 0.5) is 0 Å². The fourth-order valence-corrected chi connectivity index (χ4v) is 3.22. The highest BCUT2D eigenvalue weighted by molar-refractivity contribution is 8.07. The van der Waals surface area contributed by atoms with E-state index in [9.17, 15) is 0 Å². The molecule has 0 aliphatic heterocycles. The molecular weight excluding hydrogens is 319 g/mol. The number of oxime groups is 1. The van der Waals surface area contributed by atoms with Gasteiger partial charge in [0, 0.05) is 17.4 Å². The first-order valence-electron chi connectivity index (χ1n) is 5.87. The van der Waals surface area contributed by atoms with E-state index in [0.29, 0.717) is 23.8 Å². The van der Waals surface area contributed by atoms with E-state index in [1.54, 1.807) is 38.1 Å². The van der Waals surface area contributed by atoms with Gasteiger partial charge in [-0.2, -0.15) is 5.26 Å². The van der Waals surface area contributed by atoms with Crippen molar-refractivity contribution in [1.29, 1.82) is 5.26 Å². The summed E-state index contributed by atoms with van der Waals surface area (Å²) in [5.41, 5.74) is 0.482. The Morgan fingerprint density at radius 3 is 2.45 bits per heavy atom. The smallest absolute Gasteiger partial charge is 0.312 e. The number of benzene rings is 1. The largest absolute Gasteiger partial charge is 0.402 e. The van der Waals surface area contributed by atoms with Gasteiger partial charge in [0.05, 0.1) is 18.2 Å². The summed E-state index contributed by atoms with van der Waals surface area (Å²) in [7, 11) is 0. The van der Waals surface area contributed by atoms with Crippen LogP contribution >= 0.6 is 18.3 Å². The molecule has 0 saturated heterocycles. The molecule has 8 heteroatoms. The highest BCUT2D eigenvalue weighted by atomic mass is 35.5. The Bertz CT molecular complexity index is 564. The van der Waals surface area contributed by atoms with Crippen LogP contribution in [0.15, 0.2) is 29.4 Å². The third-order valence-electron chi connectivity index (χ3n) is 2.04. The second kappa shape index (κ2) is 8.35. The van der Waals surface area contributed by atoms with E-state index in [0.717, 1.165) is 0 Å². The summed E-state index contributed by atoms with van der Waals surface area (Å²) >= 11 is 11.1. The highest BCUT2D eigenvalue weighted by Crippen LogP contribution is 2.50. The van der Waals surface area contributed by atoms with Crippen LogP contribution in [0.25, 0.3) is 0 Å². The molecule has 0 spiro atoms. The lowest BCUT2D eigenvalue weighted by molar-refractivity contribution is 0.172. The molecule has 0 N–H and O–H groups in total. The molecule has 0 heterocycles. The molecule has 0 aliphatic carbocycles. The molecule has 0 atom stereocenters. The van der Waals surface area contributed by atoms with Crippen LogP contribution in [-0.4, -0.2) is 18.9 Å². The van der Waals surface area contributed by atoms with Gasteiger partial charge in [-0.25, -0.2) is 0 Å². The van der Waals surface area contributed by atoms with E-state index in [2.05, 4.69) is 5.16 Å². The Morgan fingerprint density at radius 1 is 1.35 bits per heavy atom. The van der Waals surface area contributed by atoms with Gasteiger partial charge in [0.25, 0.3) is 0 Å². The molecular formula is C12H14ClN2O3PS. The summed E-state index contributed by atoms with van der Waals surface area (Å²) < 4.78 is 15.7. The molecule has 0 saturated carbocycles. The monoisotopic (exact) mass is 332 g/mol. The van der Waals surface area contributed by atoms with Crippen molar-refractivity contribution in [3.05, 3.63) is 34.9 Å². The fourth-order valence-electron chi connectivity index (χ4n) is 1.27. The molecule has 0 fully saturated rings. The van der Waals surface area contributed by atoms with Crippen LogP contribution in [0.1, 0.15) is 19.4 Å². The van der Waals surface area contributed by atoms with Gasteiger partial charge in [0.2, 0.25) is 0 Å². The lowest BCUT2D eigenvalue weighted by atomic mass is 10.1. The summed E-state index contributed by atoms with van der Waals surface area (Å²) in [4.78, 5) is 0. The minimum Gasteiger partial charge on any atom is -0.312 e. The quantitative estimate of drug-likeness (QED) is 0.430. The van der Waals surface area contributed by atoms with Crippen molar-refractivity contribution in [1.82, 2.24) is 0 Å². The van der Waals surface area contributed by atoms with E-state index in [1.807, 2.05) is 6.07 Å². The molecule has 5 nitrogen and oxygen atoms in total. The zero-order valence-electron chi connectivity index (χ0n) is 11.1. The number of nitriles is 1. The Morgan fingerprint density at radius 2 is 1.95 bits per heavy atom. The summed E-state index contributed by atoms with van der Waals surface area (Å²) in [5.74, 6) is 0. The van der Waals surface area contributed by atoms with Crippen molar-refractivity contribution in [3.63, 3.8) is 0 Å². The number of halogens is 1. The lowest BCUT2D eigenvalue weighted by Crippen LogP contribution is -2.02. The van der Waals surface area contributed by atoms with Crippen LogP contribution in [-0.2, 0) is 25.5 Å². The number of rotatable bonds is 7. The van der Waals surface area contributed by atoms with Gasteiger partial charge >= 0.3 is 6.72 Å². The standard InChI is InChI=1S/C12H14ClN2O3PS/c1-3-16-19(20,17-4-2)18-15-12(9-14)10-7-5-6-8-11(10)13/h5-8H,3-4H2,1-2H3/b15-12-. The van der Waals surface area contributed by atoms with Gasteiger partial charge in [-0.05, 0) is 19.9 Å². The molecule has 1 aromatic rings. The van der Waals surface area contributed by atoms with Crippen LogP contribution < -0.4 is 0 Å². The van der Waals surface area contributed by atoms with E-state index in [-0.39, 0.29) is 5.71 Å². The second-order valence-corrected chi connectivity index (χ2v) is 6.72. The van der Waals surface area contributed by atoms with Gasteiger partial charge in [-0.3, -0.25) is 9.05 Å². The SMILES string of the molecule is CCOP(=S)(OCC)O/N=C(/C#N)c1ccccc1Cl. The maximum atomic E-state index is 9.14. The van der Waals surface area contributed by atoms with Crippen molar-refractivity contribution in [2.24, 2.45) is 5.16 Å². The summed E-state index contributed by atoms with van der Waals surface area (Å²) in [6.07, 6.45) is 0. The van der Waals surface area contributed by atoms with Crippen LogP contribution in [0.5, 0.6) is 0 Å². The zero-order valence-corrected chi connectivity index (χ0v) is 13.5. The summed E-state index contributed by atoms with van der Waals surface area (Å²) in [6, 6.07) is 8.74. The number of nitrogens with zero attached hydrogens (tertiary/aromatic N) is 2. The topological polar surface area (TPSA) is 63.8 Å². The Labute approximate surface area is 128 Å². The van der Waals surface area contributed by atoms with Crippen molar-refractivity contribution in [2.45, 2.75) is 13.8 Å². The minimum absolute atomic E-state index is 0.0178. The third-order valence-corrected chi connectivity index (χ3v) is 4.63. The Hall–Kier alpha value is -0.960. The van der Waals surface area contributed by atoms with Crippen LogP contribution in [0.2, 0.25) is 5.02 Å². The molecule has 20 heavy (non-hydrogen) atoms. The predicted molar refractivity (Wildman–Crippen MR) is 82.2 cm³/mol. The van der Waals surface area contributed by atoms with Gasteiger partial charge in [0.15, 0.2) is 5.71 Å². The van der Waals surface area contributed by atoms with Crippen LogP contribution in [0.3, 0.4) is 0 Å². The molecule has 0 aliphatic rings. The zero-order chi connectivity index (χ0) is 15.0. The maximum absolute atomic E-state index is 9.14. The van der Waals surface area contributed by atoms with E-state index < -0.39 is 6.72 Å².